The van der Waals surface area contributed by atoms with Crippen LogP contribution in [0.5, 0.6) is 0 Å². The van der Waals surface area contributed by atoms with Crippen molar-refractivity contribution in [3.05, 3.63) is 28.2 Å². The van der Waals surface area contributed by atoms with Crippen LogP contribution in [-0.4, -0.2) is 23.8 Å². The number of benzene rings is 1. The Balaban J connectivity index is 1.79. The lowest BCUT2D eigenvalue weighted by molar-refractivity contribution is -0.0612. The van der Waals surface area contributed by atoms with Crippen molar-refractivity contribution >= 4 is 21.6 Å². The fraction of sp³-hybridized carbons (Fsp3) is 0.625. The molecule has 1 saturated heterocycles. The minimum absolute atomic E-state index is 0.404. The first kappa shape index (κ1) is 14.4. The zero-order valence-electron chi connectivity index (χ0n) is 11.8. The second kappa shape index (κ2) is 5.66. The monoisotopic (exact) mass is 338 g/mol. The summed E-state index contributed by atoms with van der Waals surface area (Å²) in [5.41, 5.74) is 7.66. The fourth-order valence-electron chi connectivity index (χ4n) is 3.72. The second-order valence-electron chi connectivity index (χ2n) is 6.23. The Kier molecular flexibility index (Phi) is 4.07. The van der Waals surface area contributed by atoms with Gasteiger partial charge in [0.2, 0.25) is 0 Å². The molecule has 1 aliphatic heterocycles. The normalized spacial score (nSPS) is 30.1. The van der Waals surface area contributed by atoms with Crippen LogP contribution in [-0.2, 0) is 6.54 Å². The van der Waals surface area contributed by atoms with Crippen molar-refractivity contribution in [1.82, 2.24) is 0 Å². The first-order valence-corrected chi connectivity index (χ1v) is 8.37. The molecule has 1 aromatic carbocycles. The van der Waals surface area contributed by atoms with Crippen LogP contribution >= 0.6 is 15.9 Å². The summed E-state index contributed by atoms with van der Waals surface area (Å²) >= 11 is 3.67. The summed E-state index contributed by atoms with van der Waals surface area (Å²) in [5, 5.41) is 10.8. The molecular formula is C16H23BrN2O. The van der Waals surface area contributed by atoms with Gasteiger partial charge in [-0.1, -0.05) is 18.9 Å². The number of fused-ring (bicyclic) bond motifs is 1. The van der Waals surface area contributed by atoms with Crippen molar-refractivity contribution in [3.8, 4) is 0 Å². The van der Waals surface area contributed by atoms with Gasteiger partial charge in [-0.2, -0.15) is 0 Å². The van der Waals surface area contributed by atoms with Gasteiger partial charge in [-0.25, -0.2) is 0 Å². The number of hydrogen-bond donors (Lipinski definition) is 2. The molecule has 2 fully saturated rings. The van der Waals surface area contributed by atoms with Crippen LogP contribution in [0.2, 0.25) is 0 Å². The van der Waals surface area contributed by atoms with Crippen LogP contribution in [0.4, 0.5) is 5.69 Å². The summed E-state index contributed by atoms with van der Waals surface area (Å²) in [6.07, 6.45) is 5.48. The number of rotatable bonds is 2. The van der Waals surface area contributed by atoms with Gasteiger partial charge in [-0.05, 0) is 52.9 Å². The van der Waals surface area contributed by atoms with Gasteiger partial charge >= 0.3 is 0 Å². The smallest absolute Gasteiger partial charge is 0.0709 e. The molecule has 2 atom stereocenters. The number of anilines is 1. The van der Waals surface area contributed by atoms with E-state index in [0.717, 1.165) is 42.4 Å². The molecular weight excluding hydrogens is 316 g/mol. The standard InChI is InChI=1S/C16H23BrN2O/c17-14-9-12(10-18)4-5-15(14)19-8-7-16(20)6-2-1-3-13(16)11-19/h4-5,9,13,20H,1-3,6-8,10-11,18H2. The third kappa shape index (κ3) is 2.61. The maximum atomic E-state index is 10.8. The Bertz CT molecular complexity index is 493. The molecule has 0 spiro atoms. The molecule has 1 aliphatic carbocycles. The zero-order chi connectivity index (χ0) is 14.2. The molecule has 2 aliphatic rings. The van der Waals surface area contributed by atoms with Gasteiger partial charge in [-0.3, -0.25) is 0 Å². The molecule has 1 saturated carbocycles. The predicted molar refractivity (Wildman–Crippen MR) is 85.8 cm³/mol. The zero-order valence-corrected chi connectivity index (χ0v) is 13.4. The minimum atomic E-state index is -0.404. The van der Waals surface area contributed by atoms with Gasteiger partial charge in [0.15, 0.2) is 0 Å². The highest BCUT2D eigenvalue weighted by Gasteiger charge is 2.42. The average molecular weight is 339 g/mol. The molecule has 3 rings (SSSR count). The van der Waals surface area contributed by atoms with Crippen LogP contribution in [0.15, 0.2) is 22.7 Å². The Labute approximate surface area is 129 Å². The van der Waals surface area contributed by atoms with E-state index in [-0.39, 0.29) is 0 Å². The highest BCUT2D eigenvalue weighted by Crippen LogP contribution is 2.42. The van der Waals surface area contributed by atoms with Crippen LogP contribution in [0.25, 0.3) is 0 Å². The van der Waals surface area contributed by atoms with Crippen LogP contribution < -0.4 is 10.6 Å². The minimum Gasteiger partial charge on any atom is -0.389 e. The highest BCUT2D eigenvalue weighted by atomic mass is 79.9. The molecule has 1 heterocycles. The molecule has 2 unspecified atom stereocenters. The summed E-state index contributed by atoms with van der Waals surface area (Å²) in [6.45, 7) is 2.48. The van der Waals surface area contributed by atoms with Crippen molar-refractivity contribution in [1.29, 1.82) is 0 Å². The van der Waals surface area contributed by atoms with E-state index < -0.39 is 5.60 Å². The Hall–Kier alpha value is -0.580. The second-order valence-corrected chi connectivity index (χ2v) is 7.09. The first-order valence-electron chi connectivity index (χ1n) is 7.58. The van der Waals surface area contributed by atoms with E-state index in [0.29, 0.717) is 12.5 Å². The van der Waals surface area contributed by atoms with Crippen molar-refractivity contribution in [2.24, 2.45) is 11.7 Å². The lowest BCUT2D eigenvalue weighted by Crippen LogP contribution is -2.53. The Morgan fingerprint density at radius 1 is 1.35 bits per heavy atom. The predicted octanol–water partition coefficient (Wildman–Crippen LogP) is 3.04. The van der Waals surface area contributed by atoms with Gasteiger partial charge in [0.05, 0.1) is 11.3 Å². The Morgan fingerprint density at radius 3 is 2.95 bits per heavy atom. The number of hydrogen-bond acceptors (Lipinski definition) is 3. The first-order chi connectivity index (χ1) is 9.62. The molecule has 0 amide bonds. The number of nitrogens with zero attached hydrogens (tertiary/aromatic N) is 1. The summed E-state index contributed by atoms with van der Waals surface area (Å²) in [6, 6.07) is 6.36. The lowest BCUT2D eigenvalue weighted by atomic mass is 9.71. The molecule has 0 bridgehead atoms. The van der Waals surface area contributed by atoms with Crippen LogP contribution in [0.3, 0.4) is 0 Å². The topological polar surface area (TPSA) is 49.5 Å². The molecule has 3 nitrogen and oxygen atoms in total. The van der Waals surface area contributed by atoms with Crippen molar-refractivity contribution in [3.63, 3.8) is 0 Å². The number of piperidine rings is 1. The molecule has 110 valence electrons. The number of halogens is 1. The van der Waals surface area contributed by atoms with Gasteiger partial charge < -0.3 is 15.7 Å². The van der Waals surface area contributed by atoms with E-state index in [9.17, 15) is 5.11 Å². The maximum Gasteiger partial charge on any atom is 0.0709 e. The highest BCUT2D eigenvalue weighted by molar-refractivity contribution is 9.10. The summed E-state index contributed by atoms with van der Waals surface area (Å²) in [7, 11) is 0. The Morgan fingerprint density at radius 2 is 2.20 bits per heavy atom. The quantitative estimate of drug-likeness (QED) is 0.871. The van der Waals surface area contributed by atoms with Crippen molar-refractivity contribution in [2.45, 2.75) is 44.2 Å². The van der Waals surface area contributed by atoms with E-state index >= 15 is 0 Å². The SMILES string of the molecule is NCc1ccc(N2CCC3(O)CCCCC3C2)c(Br)c1. The van der Waals surface area contributed by atoms with Crippen molar-refractivity contribution in [2.75, 3.05) is 18.0 Å². The largest absolute Gasteiger partial charge is 0.389 e. The van der Waals surface area contributed by atoms with Gasteiger partial charge in [-0.15, -0.1) is 0 Å². The fourth-order valence-corrected chi connectivity index (χ4v) is 4.40. The lowest BCUT2D eigenvalue weighted by Gasteiger charge is -2.48. The van der Waals surface area contributed by atoms with Crippen LogP contribution in [0, 0.1) is 5.92 Å². The van der Waals surface area contributed by atoms with E-state index in [1.165, 1.54) is 18.5 Å². The maximum absolute atomic E-state index is 10.8. The third-order valence-electron chi connectivity index (χ3n) is 5.02. The molecule has 1 aromatic rings. The molecule has 0 radical (unpaired) electrons. The summed E-state index contributed by atoms with van der Waals surface area (Å²) in [5.74, 6) is 0.422. The third-order valence-corrected chi connectivity index (χ3v) is 5.65. The molecule has 4 heteroatoms. The van der Waals surface area contributed by atoms with Gasteiger partial charge in [0, 0.05) is 30.0 Å². The summed E-state index contributed by atoms with van der Waals surface area (Å²) in [4.78, 5) is 2.41. The molecule has 3 N–H and O–H groups in total. The molecule has 0 aromatic heterocycles. The van der Waals surface area contributed by atoms with Crippen LogP contribution in [0.1, 0.15) is 37.7 Å². The van der Waals surface area contributed by atoms with E-state index in [1.54, 1.807) is 0 Å². The van der Waals surface area contributed by atoms with Gasteiger partial charge in [0.1, 0.15) is 0 Å². The van der Waals surface area contributed by atoms with E-state index in [4.69, 9.17) is 5.73 Å². The van der Waals surface area contributed by atoms with E-state index in [2.05, 4.69) is 39.0 Å². The van der Waals surface area contributed by atoms with E-state index in [1.807, 2.05) is 0 Å². The molecule has 20 heavy (non-hydrogen) atoms. The van der Waals surface area contributed by atoms with Crippen molar-refractivity contribution < 1.29 is 5.11 Å². The number of nitrogens with two attached hydrogens (primary N) is 1. The summed E-state index contributed by atoms with van der Waals surface area (Å²) < 4.78 is 1.11. The van der Waals surface area contributed by atoms with Gasteiger partial charge in [0.25, 0.3) is 0 Å². The number of aliphatic hydroxyl groups is 1. The average Bonchev–Trinajstić information content (AvgIpc) is 2.46.